The van der Waals surface area contributed by atoms with Gasteiger partial charge < -0.3 is 15.0 Å². The smallest absolute Gasteiger partial charge is 0.317 e. The number of nitrogens with zero attached hydrogens (tertiary/aromatic N) is 3. The first kappa shape index (κ1) is 16.0. The summed E-state index contributed by atoms with van der Waals surface area (Å²) in [4.78, 5) is 24.2. The molecular formula is C11H20N4O5S. The summed E-state index contributed by atoms with van der Waals surface area (Å²) in [6.07, 6.45) is 0.00959. The van der Waals surface area contributed by atoms with Gasteiger partial charge >= 0.3 is 12.0 Å². The second-order valence-corrected chi connectivity index (χ2v) is 7.08. The van der Waals surface area contributed by atoms with E-state index in [1.54, 1.807) is 4.90 Å². The number of rotatable bonds is 5. The lowest BCUT2D eigenvalue weighted by Gasteiger charge is -2.37. The molecule has 2 amide bonds. The van der Waals surface area contributed by atoms with Gasteiger partial charge in [-0.3, -0.25) is 4.79 Å². The molecule has 1 unspecified atom stereocenters. The normalized spacial score (nSPS) is 23.1. The van der Waals surface area contributed by atoms with Crippen LogP contribution in [-0.4, -0.2) is 86.9 Å². The van der Waals surface area contributed by atoms with Crippen molar-refractivity contribution in [2.45, 2.75) is 12.5 Å². The van der Waals surface area contributed by atoms with E-state index in [0.29, 0.717) is 13.1 Å². The van der Waals surface area contributed by atoms with Crippen molar-refractivity contribution in [1.29, 1.82) is 0 Å². The van der Waals surface area contributed by atoms with Crippen molar-refractivity contribution in [2.75, 3.05) is 46.9 Å². The second kappa shape index (κ2) is 6.16. The lowest BCUT2D eigenvalue weighted by Crippen LogP contribution is -2.56. The monoisotopic (exact) mass is 320 g/mol. The fourth-order valence-electron chi connectivity index (χ4n) is 2.45. The highest BCUT2D eigenvalue weighted by molar-refractivity contribution is 7.86. The van der Waals surface area contributed by atoms with E-state index in [4.69, 9.17) is 0 Å². The third-order valence-electron chi connectivity index (χ3n) is 3.77. The Hall–Kier alpha value is -1.39. The number of hydrogen-bond donors (Lipinski definition) is 1. The molecule has 0 saturated carbocycles. The number of urea groups is 1. The number of methoxy groups -OCH3 is 1. The van der Waals surface area contributed by atoms with E-state index in [1.807, 2.05) is 0 Å². The molecule has 0 aromatic rings. The van der Waals surface area contributed by atoms with Crippen molar-refractivity contribution in [3.8, 4) is 0 Å². The lowest BCUT2D eigenvalue weighted by atomic mass is 10.2. The van der Waals surface area contributed by atoms with Gasteiger partial charge in [0.1, 0.15) is 0 Å². The molecule has 10 heteroatoms. The molecule has 21 heavy (non-hydrogen) atoms. The van der Waals surface area contributed by atoms with Gasteiger partial charge in [-0.05, 0) is 0 Å². The van der Waals surface area contributed by atoms with E-state index < -0.39 is 16.2 Å². The first-order valence-corrected chi connectivity index (χ1v) is 8.08. The molecule has 0 bridgehead atoms. The van der Waals surface area contributed by atoms with E-state index >= 15 is 0 Å². The van der Waals surface area contributed by atoms with Gasteiger partial charge in [0.2, 0.25) is 0 Å². The molecule has 2 rings (SSSR count). The molecular weight excluding hydrogens is 300 g/mol. The number of nitrogens with one attached hydrogen (secondary N) is 1. The largest absolute Gasteiger partial charge is 0.469 e. The minimum Gasteiger partial charge on any atom is -0.469 e. The predicted octanol–water partition coefficient (Wildman–Crippen LogP) is -1.56. The molecule has 2 fully saturated rings. The quantitative estimate of drug-likeness (QED) is 0.617. The highest BCUT2D eigenvalue weighted by atomic mass is 32.2. The molecule has 2 saturated heterocycles. The van der Waals surface area contributed by atoms with Crippen LogP contribution in [0.5, 0.6) is 0 Å². The Morgan fingerprint density at radius 1 is 1.48 bits per heavy atom. The lowest BCUT2D eigenvalue weighted by molar-refractivity contribution is -0.140. The Bertz CT molecular complexity index is 523. The molecule has 1 N–H and O–H groups in total. The van der Waals surface area contributed by atoms with Gasteiger partial charge in [0, 0.05) is 39.8 Å². The van der Waals surface area contributed by atoms with Crippen LogP contribution in [0.3, 0.4) is 0 Å². The number of amides is 2. The van der Waals surface area contributed by atoms with Crippen molar-refractivity contribution >= 4 is 22.2 Å². The Balaban J connectivity index is 1.96. The van der Waals surface area contributed by atoms with Crippen LogP contribution in [0.4, 0.5) is 4.79 Å². The number of hydrogen-bond acceptors (Lipinski definition) is 5. The minimum atomic E-state index is -3.63. The van der Waals surface area contributed by atoms with Gasteiger partial charge in [-0.25, -0.2) is 4.79 Å². The van der Waals surface area contributed by atoms with Crippen molar-refractivity contribution in [3.63, 3.8) is 0 Å². The summed E-state index contributed by atoms with van der Waals surface area (Å²) in [7, 11) is -0.932. The zero-order valence-electron chi connectivity index (χ0n) is 12.1. The summed E-state index contributed by atoms with van der Waals surface area (Å²) in [5.74, 6) is -0.451. The van der Waals surface area contributed by atoms with Crippen molar-refractivity contribution in [3.05, 3.63) is 0 Å². The number of esters is 1. The molecule has 0 aromatic heterocycles. The van der Waals surface area contributed by atoms with Crippen LogP contribution in [0.1, 0.15) is 6.42 Å². The zero-order chi connectivity index (χ0) is 15.6. The minimum absolute atomic E-state index is 0.00959. The first-order valence-electron chi connectivity index (χ1n) is 6.69. The van der Waals surface area contributed by atoms with Crippen LogP contribution in [0.25, 0.3) is 0 Å². The van der Waals surface area contributed by atoms with Crippen molar-refractivity contribution in [1.82, 2.24) is 18.8 Å². The Kier molecular flexibility index (Phi) is 4.69. The van der Waals surface area contributed by atoms with E-state index in [0.717, 1.165) is 4.31 Å². The molecule has 2 aliphatic rings. The van der Waals surface area contributed by atoms with Crippen LogP contribution in [0.2, 0.25) is 0 Å². The summed E-state index contributed by atoms with van der Waals surface area (Å²) in [6.45, 7) is 1.42. The average Bonchev–Trinajstić information content (AvgIpc) is 2.85. The number of carbonyl (C=O) groups is 2. The van der Waals surface area contributed by atoms with Gasteiger partial charge in [-0.1, -0.05) is 0 Å². The molecule has 120 valence electrons. The Morgan fingerprint density at radius 2 is 2.19 bits per heavy atom. The molecule has 2 aliphatic heterocycles. The molecule has 0 spiro atoms. The number of ether oxygens (including phenoxy) is 1. The number of piperazine rings is 1. The van der Waals surface area contributed by atoms with E-state index in [9.17, 15) is 18.0 Å². The van der Waals surface area contributed by atoms with Crippen LogP contribution >= 0.6 is 0 Å². The zero-order valence-corrected chi connectivity index (χ0v) is 12.9. The summed E-state index contributed by atoms with van der Waals surface area (Å²) in [5, 5.41) is 2.70. The van der Waals surface area contributed by atoms with Crippen molar-refractivity contribution in [2.24, 2.45) is 0 Å². The van der Waals surface area contributed by atoms with E-state index in [-0.39, 0.29) is 38.1 Å². The van der Waals surface area contributed by atoms with Crippen molar-refractivity contribution < 1.29 is 22.7 Å². The second-order valence-electron chi connectivity index (χ2n) is 5.05. The maximum absolute atomic E-state index is 12.4. The SMILES string of the molecule is COC(=O)CCN(C)S(=O)(=O)N1CCN2C(=O)NCC2C1. The summed E-state index contributed by atoms with van der Waals surface area (Å²) in [5.41, 5.74) is 0. The molecule has 1 atom stereocenters. The summed E-state index contributed by atoms with van der Waals surface area (Å²) < 4.78 is 31.9. The van der Waals surface area contributed by atoms with E-state index in [1.165, 1.54) is 18.5 Å². The van der Waals surface area contributed by atoms with E-state index in [2.05, 4.69) is 10.1 Å². The third-order valence-corrected chi connectivity index (χ3v) is 5.73. The highest BCUT2D eigenvalue weighted by Gasteiger charge is 2.40. The van der Waals surface area contributed by atoms with Gasteiger partial charge in [-0.15, -0.1) is 0 Å². The topological polar surface area (TPSA) is 99.3 Å². The fraction of sp³-hybridized carbons (Fsp3) is 0.818. The first-order chi connectivity index (χ1) is 9.86. The number of carbonyl (C=O) groups excluding carboxylic acids is 2. The highest BCUT2D eigenvalue weighted by Crippen LogP contribution is 2.18. The Labute approximate surface area is 124 Å². The molecule has 0 radical (unpaired) electrons. The van der Waals surface area contributed by atoms with Crippen LogP contribution in [-0.2, 0) is 19.7 Å². The average molecular weight is 320 g/mol. The molecule has 0 aliphatic carbocycles. The Morgan fingerprint density at radius 3 is 2.86 bits per heavy atom. The molecule has 2 heterocycles. The maximum Gasteiger partial charge on any atom is 0.317 e. The van der Waals surface area contributed by atoms with Crippen LogP contribution in [0.15, 0.2) is 0 Å². The molecule has 0 aromatic carbocycles. The summed E-state index contributed by atoms with van der Waals surface area (Å²) >= 11 is 0. The predicted molar refractivity (Wildman–Crippen MR) is 73.6 cm³/mol. The number of fused-ring (bicyclic) bond motifs is 1. The van der Waals surface area contributed by atoms with Gasteiger partial charge in [0.05, 0.1) is 19.6 Å². The third kappa shape index (κ3) is 3.27. The van der Waals surface area contributed by atoms with Crippen LogP contribution < -0.4 is 5.32 Å². The van der Waals surface area contributed by atoms with Gasteiger partial charge in [0.25, 0.3) is 10.2 Å². The standard InChI is InChI=1S/C11H20N4O5S/c1-13(4-3-10(16)20-2)21(18,19)14-5-6-15-9(8-14)7-12-11(15)17/h9H,3-8H2,1-2H3,(H,12,17). The fourth-order valence-corrected chi connectivity index (χ4v) is 3.84. The van der Waals surface area contributed by atoms with Gasteiger partial charge in [-0.2, -0.15) is 17.0 Å². The molecule has 9 nitrogen and oxygen atoms in total. The summed E-state index contributed by atoms with van der Waals surface area (Å²) in [6, 6.07) is -0.272. The maximum atomic E-state index is 12.4. The van der Waals surface area contributed by atoms with Gasteiger partial charge in [0.15, 0.2) is 0 Å². The van der Waals surface area contributed by atoms with Crippen LogP contribution in [0, 0.1) is 0 Å².